The topological polar surface area (TPSA) is 55.7 Å². The number of nitrogens with zero attached hydrogens (tertiary/aromatic N) is 2. The van der Waals surface area contributed by atoms with Gasteiger partial charge in [0.25, 0.3) is 0 Å². The first-order valence-electron chi connectivity index (χ1n) is 9.22. The summed E-state index contributed by atoms with van der Waals surface area (Å²) in [6.45, 7) is 2.76. The van der Waals surface area contributed by atoms with Gasteiger partial charge in [-0.1, -0.05) is 0 Å². The maximum atomic E-state index is 12.6. The first-order valence-corrected chi connectivity index (χ1v) is 9.22. The number of carbonyl (C=O) groups is 1. The number of fused-ring (bicyclic) bond motifs is 1. The zero-order valence-electron chi connectivity index (χ0n) is 15.1. The zero-order valence-corrected chi connectivity index (χ0v) is 15.1. The molecule has 2 aliphatic rings. The van der Waals surface area contributed by atoms with E-state index in [9.17, 15) is 4.79 Å². The molecule has 0 spiro atoms. The van der Waals surface area contributed by atoms with Crippen LogP contribution in [-0.4, -0.2) is 47.7 Å². The number of ether oxygens (including phenoxy) is 2. The van der Waals surface area contributed by atoms with Crippen molar-refractivity contribution in [2.45, 2.75) is 25.3 Å². The number of aromatic nitrogens is 1. The Morgan fingerprint density at radius 2 is 2.08 bits per heavy atom. The number of amides is 1. The van der Waals surface area contributed by atoms with E-state index in [0.717, 1.165) is 48.7 Å². The molecule has 3 heterocycles. The monoisotopic (exact) mass is 355 g/mol. The molecule has 1 unspecified atom stereocenters. The number of aryl methyl sites for hydroxylation is 1. The molecule has 6 heteroatoms. The van der Waals surface area contributed by atoms with E-state index in [0.29, 0.717) is 19.6 Å². The minimum Gasteiger partial charge on any atom is -0.486 e. The highest BCUT2D eigenvalue weighted by molar-refractivity contribution is 5.79. The molecule has 0 aliphatic carbocycles. The Labute approximate surface area is 153 Å². The first-order chi connectivity index (χ1) is 12.7. The average molecular weight is 355 g/mol. The molecule has 1 aromatic carbocycles. The third-order valence-electron chi connectivity index (χ3n) is 4.94. The van der Waals surface area contributed by atoms with Crippen molar-refractivity contribution in [1.82, 2.24) is 9.47 Å². The number of anilines is 1. The van der Waals surface area contributed by atoms with Crippen LogP contribution in [0.4, 0.5) is 5.69 Å². The molecule has 0 radical (unpaired) electrons. The van der Waals surface area contributed by atoms with Crippen LogP contribution >= 0.6 is 0 Å². The minimum atomic E-state index is 0.199. The van der Waals surface area contributed by atoms with E-state index in [1.54, 1.807) is 0 Å². The Hall–Kier alpha value is -2.63. The normalized spacial score (nSPS) is 19.3. The van der Waals surface area contributed by atoms with E-state index in [1.807, 2.05) is 53.2 Å². The fourth-order valence-electron chi connectivity index (χ4n) is 3.64. The summed E-state index contributed by atoms with van der Waals surface area (Å²) >= 11 is 0. The predicted octanol–water partition coefficient (Wildman–Crippen LogP) is 2.44. The lowest BCUT2D eigenvalue weighted by molar-refractivity contribution is -0.131. The van der Waals surface area contributed by atoms with Crippen LogP contribution in [0.5, 0.6) is 11.5 Å². The first kappa shape index (κ1) is 16.8. The lowest BCUT2D eigenvalue weighted by Gasteiger charge is -2.34. The molecule has 1 aromatic heterocycles. The molecule has 4 rings (SSSR count). The predicted molar refractivity (Wildman–Crippen MR) is 99.8 cm³/mol. The zero-order chi connectivity index (χ0) is 17.9. The van der Waals surface area contributed by atoms with Crippen molar-refractivity contribution >= 4 is 11.6 Å². The van der Waals surface area contributed by atoms with Gasteiger partial charge in [0, 0.05) is 50.3 Å². The molecule has 1 atom stereocenters. The number of piperidine rings is 1. The molecule has 26 heavy (non-hydrogen) atoms. The highest BCUT2D eigenvalue weighted by Gasteiger charge is 2.24. The Kier molecular flexibility index (Phi) is 4.73. The van der Waals surface area contributed by atoms with E-state index in [2.05, 4.69) is 5.32 Å². The minimum absolute atomic E-state index is 0.199. The fraction of sp³-hybridized carbons (Fsp3) is 0.450. The lowest BCUT2D eigenvalue weighted by atomic mass is 10.0. The standard InChI is InChI=1S/C20H25N3O3/c1-22-8-6-15(13-22)11-20(24)23-7-2-3-17(14-23)21-16-4-5-18-19(12-16)26-10-9-25-18/h4-6,8,12-13,17,21H,2-3,7,9-11,14H2,1H3. The third-order valence-corrected chi connectivity index (χ3v) is 4.94. The summed E-state index contributed by atoms with van der Waals surface area (Å²) in [6, 6.07) is 8.20. The second-order valence-electron chi connectivity index (χ2n) is 7.04. The number of nitrogens with one attached hydrogen (secondary N) is 1. The van der Waals surface area contributed by atoms with Gasteiger partial charge in [0.1, 0.15) is 13.2 Å². The summed E-state index contributed by atoms with van der Waals surface area (Å²) in [5.74, 6) is 1.78. The average Bonchev–Trinajstić information content (AvgIpc) is 3.06. The van der Waals surface area contributed by atoms with Crippen LogP contribution < -0.4 is 14.8 Å². The highest BCUT2D eigenvalue weighted by atomic mass is 16.6. The van der Waals surface area contributed by atoms with Gasteiger partial charge in [0.15, 0.2) is 11.5 Å². The van der Waals surface area contributed by atoms with Gasteiger partial charge in [0.2, 0.25) is 5.91 Å². The molecule has 2 aliphatic heterocycles. The molecule has 2 aromatic rings. The number of likely N-dealkylation sites (tertiary alicyclic amines) is 1. The number of hydrogen-bond acceptors (Lipinski definition) is 4. The van der Waals surface area contributed by atoms with Gasteiger partial charge in [0.05, 0.1) is 6.42 Å². The van der Waals surface area contributed by atoms with Gasteiger partial charge in [-0.25, -0.2) is 0 Å². The van der Waals surface area contributed by atoms with Crippen molar-refractivity contribution in [3.05, 3.63) is 42.2 Å². The van der Waals surface area contributed by atoms with Crippen LogP contribution in [-0.2, 0) is 18.3 Å². The van der Waals surface area contributed by atoms with E-state index in [1.165, 1.54) is 0 Å². The molecule has 138 valence electrons. The van der Waals surface area contributed by atoms with Gasteiger partial charge in [-0.3, -0.25) is 4.79 Å². The van der Waals surface area contributed by atoms with Crippen LogP contribution in [0.1, 0.15) is 18.4 Å². The summed E-state index contributed by atoms with van der Waals surface area (Å²) in [5.41, 5.74) is 2.08. The Balaban J connectivity index is 1.36. The van der Waals surface area contributed by atoms with Gasteiger partial charge in [-0.05, 0) is 36.6 Å². The van der Waals surface area contributed by atoms with Gasteiger partial charge in [-0.2, -0.15) is 0 Å². The van der Waals surface area contributed by atoms with E-state index in [-0.39, 0.29) is 11.9 Å². The van der Waals surface area contributed by atoms with Crippen LogP contribution in [0.15, 0.2) is 36.7 Å². The molecule has 1 N–H and O–H groups in total. The number of rotatable bonds is 4. The largest absolute Gasteiger partial charge is 0.486 e. The van der Waals surface area contributed by atoms with Crippen LogP contribution in [0, 0.1) is 0 Å². The highest BCUT2D eigenvalue weighted by Crippen LogP contribution is 2.33. The second kappa shape index (κ2) is 7.32. The van der Waals surface area contributed by atoms with E-state index < -0.39 is 0 Å². The summed E-state index contributed by atoms with van der Waals surface area (Å²) < 4.78 is 13.2. The smallest absolute Gasteiger partial charge is 0.227 e. The Morgan fingerprint density at radius 3 is 2.88 bits per heavy atom. The Bertz CT molecular complexity index is 786. The summed E-state index contributed by atoms with van der Waals surface area (Å²) in [4.78, 5) is 14.6. The molecular weight excluding hydrogens is 330 g/mol. The van der Waals surface area contributed by atoms with E-state index >= 15 is 0 Å². The van der Waals surface area contributed by atoms with Crippen LogP contribution in [0.25, 0.3) is 0 Å². The third kappa shape index (κ3) is 3.79. The van der Waals surface area contributed by atoms with Gasteiger partial charge >= 0.3 is 0 Å². The van der Waals surface area contributed by atoms with Crippen molar-refractivity contribution < 1.29 is 14.3 Å². The van der Waals surface area contributed by atoms with Crippen molar-refractivity contribution in [2.75, 3.05) is 31.6 Å². The van der Waals surface area contributed by atoms with Gasteiger partial charge in [-0.15, -0.1) is 0 Å². The van der Waals surface area contributed by atoms with Crippen molar-refractivity contribution in [3.63, 3.8) is 0 Å². The number of benzene rings is 1. The lowest BCUT2D eigenvalue weighted by Crippen LogP contribution is -2.45. The molecule has 0 saturated carbocycles. The maximum Gasteiger partial charge on any atom is 0.227 e. The van der Waals surface area contributed by atoms with Crippen LogP contribution in [0.2, 0.25) is 0 Å². The maximum absolute atomic E-state index is 12.6. The van der Waals surface area contributed by atoms with Crippen LogP contribution in [0.3, 0.4) is 0 Å². The fourth-order valence-corrected chi connectivity index (χ4v) is 3.64. The molecule has 1 saturated heterocycles. The quantitative estimate of drug-likeness (QED) is 0.915. The Morgan fingerprint density at radius 1 is 1.23 bits per heavy atom. The summed E-state index contributed by atoms with van der Waals surface area (Å²) in [6.07, 6.45) is 6.53. The van der Waals surface area contributed by atoms with Gasteiger partial charge < -0.3 is 24.3 Å². The summed E-state index contributed by atoms with van der Waals surface area (Å²) in [7, 11) is 1.97. The molecule has 6 nitrogen and oxygen atoms in total. The van der Waals surface area contributed by atoms with E-state index in [4.69, 9.17) is 9.47 Å². The molecule has 0 bridgehead atoms. The van der Waals surface area contributed by atoms with Crippen molar-refractivity contribution in [1.29, 1.82) is 0 Å². The number of carbonyl (C=O) groups excluding carboxylic acids is 1. The SMILES string of the molecule is Cn1ccc(CC(=O)N2CCCC(Nc3ccc4c(c3)OCCO4)C2)c1. The molecule has 1 fully saturated rings. The second-order valence-corrected chi connectivity index (χ2v) is 7.04. The number of hydrogen-bond donors (Lipinski definition) is 1. The molecular formula is C20H25N3O3. The molecule has 1 amide bonds. The van der Waals surface area contributed by atoms with Crippen molar-refractivity contribution in [2.24, 2.45) is 7.05 Å². The summed E-state index contributed by atoms with van der Waals surface area (Å²) in [5, 5.41) is 3.55. The van der Waals surface area contributed by atoms with Crippen molar-refractivity contribution in [3.8, 4) is 11.5 Å².